The van der Waals surface area contributed by atoms with Gasteiger partial charge < -0.3 is 25.3 Å². The van der Waals surface area contributed by atoms with E-state index in [1.54, 1.807) is 0 Å². The van der Waals surface area contributed by atoms with Crippen LogP contribution in [0.1, 0.15) is 27.8 Å². The van der Waals surface area contributed by atoms with Crippen LogP contribution in [0, 0.1) is 21.7 Å². The average Bonchev–Trinajstić information content (AvgIpc) is 2.73. The number of aromatic nitrogens is 2. The molecule has 0 aliphatic rings. The number of carbonyl (C=O) groups excluding carboxylic acids is 1. The van der Waals surface area contributed by atoms with E-state index in [0.29, 0.717) is 12.1 Å². The van der Waals surface area contributed by atoms with Crippen LogP contribution in [0.4, 0.5) is 27.8 Å². The van der Waals surface area contributed by atoms with E-state index in [9.17, 15) is 42.0 Å². The average molecular weight is 470 g/mol. The van der Waals surface area contributed by atoms with Gasteiger partial charge in [-0.15, -0.1) is 13.2 Å². The number of alkyl halides is 3. The SMILES string of the molecule is O=C(NC(c1ccc(OC(F)(F)F)c(F)c1)c1ncccc1F)c1ccc(O)c([N+](=O)[O-])n1. The lowest BCUT2D eigenvalue weighted by atomic mass is 10.0. The largest absolute Gasteiger partial charge is 0.573 e. The molecule has 9 nitrogen and oxygen atoms in total. The van der Waals surface area contributed by atoms with Crippen LogP contribution in [0.15, 0.2) is 48.7 Å². The molecule has 14 heteroatoms. The van der Waals surface area contributed by atoms with Gasteiger partial charge in [-0.3, -0.25) is 9.78 Å². The molecule has 2 heterocycles. The molecule has 0 aliphatic carbocycles. The number of carbonyl (C=O) groups is 1. The van der Waals surface area contributed by atoms with Gasteiger partial charge in [0.05, 0.1) is 6.04 Å². The summed E-state index contributed by atoms with van der Waals surface area (Å²) in [7, 11) is 0. The Bertz CT molecular complexity index is 1220. The Hall–Kier alpha value is -4.36. The molecule has 0 spiro atoms. The number of halogens is 5. The maximum atomic E-state index is 14.4. The molecule has 0 bridgehead atoms. The minimum atomic E-state index is -5.16. The Labute approximate surface area is 180 Å². The number of hydrogen-bond acceptors (Lipinski definition) is 7. The number of nitro groups is 1. The number of pyridine rings is 2. The number of amides is 1. The molecular formula is C19H11F5N4O5. The van der Waals surface area contributed by atoms with Crippen molar-refractivity contribution in [1.82, 2.24) is 15.3 Å². The third-order valence-electron chi connectivity index (χ3n) is 4.11. The molecule has 1 unspecified atom stereocenters. The van der Waals surface area contributed by atoms with Crippen molar-refractivity contribution in [3.8, 4) is 11.5 Å². The predicted molar refractivity (Wildman–Crippen MR) is 99.1 cm³/mol. The minimum absolute atomic E-state index is 0.221. The standard InChI is InChI=1S/C19H11F5N4O5/c20-10-2-1-7-25-16(10)15(9-3-6-14(11(21)8-9)33-19(22,23)24)27-18(30)12-4-5-13(29)17(26-12)28(31)32/h1-8,15,29H,(H,27,30). The number of aromatic hydroxyl groups is 1. The maximum absolute atomic E-state index is 14.4. The van der Waals surface area contributed by atoms with Gasteiger partial charge in [-0.25, -0.2) is 8.78 Å². The second-order valence-corrected chi connectivity index (χ2v) is 6.31. The molecule has 1 amide bonds. The number of benzene rings is 1. The van der Waals surface area contributed by atoms with Crippen molar-refractivity contribution in [1.29, 1.82) is 0 Å². The van der Waals surface area contributed by atoms with Crippen molar-refractivity contribution >= 4 is 11.7 Å². The van der Waals surface area contributed by atoms with Crippen molar-refractivity contribution in [2.75, 3.05) is 0 Å². The van der Waals surface area contributed by atoms with Gasteiger partial charge in [0.15, 0.2) is 11.6 Å². The van der Waals surface area contributed by atoms with Gasteiger partial charge in [-0.1, -0.05) is 6.07 Å². The molecular weight excluding hydrogens is 459 g/mol. The maximum Gasteiger partial charge on any atom is 0.573 e. The van der Waals surface area contributed by atoms with Gasteiger partial charge in [0.25, 0.3) is 5.91 Å². The normalized spacial score (nSPS) is 12.2. The Balaban J connectivity index is 2.01. The molecule has 0 fully saturated rings. The summed E-state index contributed by atoms with van der Waals surface area (Å²) in [5, 5.41) is 22.7. The summed E-state index contributed by atoms with van der Waals surface area (Å²) < 4.78 is 69.4. The first kappa shape index (κ1) is 23.3. The van der Waals surface area contributed by atoms with Gasteiger partial charge >= 0.3 is 12.2 Å². The number of nitrogens with one attached hydrogen (secondary N) is 1. The first-order valence-corrected chi connectivity index (χ1v) is 8.77. The summed E-state index contributed by atoms with van der Waals surface area (Å²) in [6.07, 6.45) is -4.01. The van der Waals surface area contributed by atoms with Gasteiger partial charge in [-0.05, 0) is 51.9 Å². The molecule has 0 radical (unpaired) electrons. The monoisotopic (exact) mass is 470 g/mol. The highest BCUT2D eigenvalue weighted by atomic mass is 19.4. The van der Waals surface area contributed by atoms with Gasteiger partial charge in [-0.2, -0.15) is 0 Å². The summed E-state index contributed by atoms with van der Waals surface area (Å²) in [5.74, 6) is -6.51. The highest BCUT2D eigenvalue weighted by molar-refractivity contribution is 5.93. The van der Waals surface area contributed by atoms with Crippen LogP contribution >= 0.6 is 0 Å². The summed E-state index contributed by atoms with van der Waals surface area (Å²) in [6.45, 7) is 0. The van der Waals surface area contributed by atoms with E-state index in [2.05, 4.69) is 20.0 Å². The first-order chi connectivity index (χ1) is 15.5. The van der Waals surface area contributed by atoms with Crippen LogP contribution in [0.25, 0.3) is 0 Å². The van der Waals surface area contributed by atoms with Crippen molar-refractivity contribution in [2.45, 2.75) is 12.4 Å². The van der Waals surface area contributed by atoms with Crippen LogP contribution in [0.2, 0.25) is 0 Å². The van der Waals surface area contributed by atoms with Crippen LogP contribution in [0.3, 0.4) is 0 Å². The first-order valence-electron chi connectivity index (χ1n) is 8.77. The van der Waals surface area contributed by atoms with E-state index in [0.717, 1.165) is 30.5 Å². The molecule has 2 N–H and O–H groups in total. The molecule has 0 aliphatic heterocycles. The molecule has 1 aromatic carbocycles. The topological polar surface area (TPSA) is 127 Å². The van der Waals surface area contributed by atoms with Crippen molar-refractivity contribution in [3.05, 3.63) is 87.4 Å². The van der Waals surface area contributed by atoms with Gasteiger partial charge in [0, 0.05) is 6.20 Å². The van der Waals surface area contributed by atoms with Gasteiger partial charge in [0.1, 0.15) is 11.5 Å². The lowest BCUT2D eigenvalue weighted by Crippen LogP contribution is -2.31. The van der Waals surface area contributed by atoms with E-state index in [-0.39, 0.29) is 5.56 Å². The summed E-state index contributed by atoms with van der Waals surface area (Å²) in [4.78, 5) is 29.7. The number of nitrogens with zero attached hydrogens (tertiary/aromatic N) is 3. The summed E-state index contributed by atoms with van der Waals surface area (Å²) >= 11 is 0. The van der Waals surface area contributed by atoms with E-state index >= 15 is 0 Å². The number of rotatable bonds is 6. The van der Waals surface area contributed by atoms with Crippen LogP contribution in [-0.4, -0.2) is 32.3 Å². The zero-order chi connectivity index (χ0) is 24.3. The number of ether oxygens (including phenoxy) is 1. The van der Waals surface area contributed by atoms with Gasteiger partial charge in [0.2, 0.25) is 11.4 Å². The molecule has 2 aromatic heterocycles. The fourth-order valence-electron chi connectivity index (χ4n) is 2.73. The van der Waals surface area contributed by atoms with Crippen LogP contribution in [-0.2, 0) is 0 Å². The third-order valence-corrected chi connectivity index (χ3v) is 4.11. The Morgan fingerprint density at radius 3 is 2.48 bits per heavy atom. The Kier molecular flexibility index (Phi) is 6.37. The minimum Gasteiger partial charge on any atom is -0.501 e. The molecule has 172 valence electrons. The van der Waals surface area contributed by atoms with E-state index in [4.69, 9.17) is 0 Å². The zero-order valence-corrected chi connectivity index (χ0v) is 16.0. The Morgan fingerprint density at radius 1 is 1.15 bits per heavy atom. The van der Waals surface area contributed by atoms with Crippen molar-refractivity contribution < 1.29 is 41.5 Å². The summed E-state index contributed by atoms with van der Waals surface area (Å²) in [5.41, 5.74) is -1.21. The van der Waals surface area contributed by atoms with E-state index in [1.807, 2.05) is 0 Å². The lowest BCUT2D eigenvalue weighted by molar-refractivity contribution is -0.390. The highest BCUT2D eigenvalue weighted by Crippen LogP contribution is 2.30. The smallest absolute Gasteiger partial charge is 0.501 e. The van der Waals surface area contributed by atoms with Crippen molar-refractivity contribution in [2.24, 2.45) is 0 Å². The third kappa shape index (κ3) is 5.47. The molecule has 0 saturated heterocycles. The molecule has 3 aromatic rings. The quantitative estimate of drug-likeness (QED) is 0.319. The second-order valence-electron chi connectivity index (χ2n) is 6.31. The highest BCUT2D eigenvalue weighted by Gasteiger charge is 2.33. The Morgan fingerprint density at radius 2 is 1.88 bits per heavy atom. The fraction of sp³-hybridized carbons (Fsp3) is 0.105. The van der Waals surface area contributed by atoms with Crippen LogP contribution < -0.4 is 10.1 Å². The zero-order valence-electron chi connectivity index (χ0n) is 16.0. The van der Waals surface area contributed by atoms with E-state index < -0.39 is 63.6 Å². The van der Waals surface area contributed by atoms with Crippen LogP contribution in [0.5, 0.6) is 11.5 Å². The van der Waals surface area contributed by atoms with Crippen molar-refractivity contribution in [3.63, 3.8) is 0 Å². The fourth-order valence-corrected chi connectivity index (χ4v) is 2.73. The molecule has 0 saturated carbocycles. The molecule has 3 rings (SSSR count). The second kappa shape index (κ2) is 9.02. The van der Waals surface area contributed by atoms with E-state index in [1.165, 1.54) is 6.07 Å². The lowest BCUT2D eigenvalue weighted by Gasteiger charge is -2.19. The molecule has 33 heavy (non-hydrogen) atoms. The number of hydrogen-bond donors (Lipinski definition) is 2. The predicted octanol–water partition coefficient (Wildman–Crippen LogP) is 3.79. The molecule has 1 atom stereocenters. The summed E-state index contributed by atoms with van der Waals surface area (Å²) in [6, 6.07) is 4.57.